The molecule has 0 spiro atoms. The molecule has 0 aromatic carbocycles. The summed E-state index contributed by atoms with van der Waals surface area (Å²) in [4.78, 5) is 23.1. The van der Waals surface area contributed by atoms with E-state index in [0.29, 0.717) is 24.7 Å². The monoisotopic (exact) mass is 425 g/mol. The number of amides is 1. The highest BCUT2D eigenvalue weighted by Crippen LogP contribution is 2.27. The Bertz CT molecular complexity index is 930. The molecule has 2 aromatic heterocycles. The van der Waals surface area contributed by atoms with Crippen molar-refractivity contribution in [2.24, 2.45) is 11.5 Å². The Labute approximate surface area is 182 Å². The molecule has 2 fully saturated rings. The molecule has 0 bridgehead atoms. The number of rotatable bonds is 6. The molecule has 4 rings (SSSR count). The van der Waals surface area contributed by atoms with Gasteiger partial charge in [0.15, 0.2) is 5.69 Å². The molecule has 0 unspecified atom stereocenters. The topological polar surface area (TPSA) is 131 Å². The number of ether oxygens (including phenoxy) is 1. The Morgan fingerprint density at radius 2 is 1.97 bits per heavy atom. The van der Waals surface area contributed by atoms with Crippen molar-refractivity contribution in [2.75, 3.05) is 41.8 Å². The van der Waals surface area contributed by atoms with E-state index in [1.54, 1.807) is 6.20 Å². The van der Waals surface area contributed by atoms with Crippen molar-refractivity contribution in [1.82, 2.24) is 9.97 Å². The average molecular weight is 426 g/mol. The van der Waals surface area contributed by atoms with Crippen LogP contribution in [0.2, 0.25) is 0 Å². The first kappa shape index (κ1) is 21.3. The maximum absolute atomic E-state index is 12.0. The highest BCUT2D eigenvalue weighted by molar-refractivity contribution is 5.97. The lowest BCUT2D eigenvalue weighted by molar-refractivity contribution is 0.0996. The lowest BCUT2D eigenvalue weighted by atomic mass is 9.91. The third kappa shape index (κ3) is 5.23. The lowest BCUT2D eigenvalue weighted by Crippen LogP contribution is -2.42. The zero-order valence-corrected chi connectivity index (χ0v) is 17.9. The lowest BCUT2D eigenvalue weighted by Gasteiger charge is -2.30. The minimum Gasteiger partial charge on any atom is -0.379 e. The quantitative estimate of drug-likeness (QED) is 0.554. The summed E-state index contributed by atoms with van der Waals surface area (Å²) >= 11 is 0. The van der Waals surface area contributed by atoms with Gasteiger partial charge in [-0.15, -0.1) is 0 Å². The van der Waals surface area contributed by atoms with Gasteiger partial charge in [-0.05, 0) is 31.9 Å². The van der Waals surface area contributed by atoms with Crippen LogP contribution in [0, 0.1) is 6.92 Å². The SMILES string of the molecule is Cc1cc(N2CCOCC2)cc(Nc2cc(N[C@@H]3CCCC[C@@H]3N)cnc2C(N)=O)n1. The molecule has 1 aliphatic carbocycles. The van der Waals surface area contributed by atoms with Gasteiger partial charge in [-0.2, -0.15) is 0 Å². The van der Waals surface area contributed by atoms with Crippen LogP contribution in [0.3, 0.4) is 0 Å². The molecule has 3 heterocycles. The van der Waals surface area contributed by atoms with E-state index in [2.05, 4.69) is 25.5 Å². The fourth-order valence-corrected chi connectivity index (χ4v) is 4.24. The molecule has 0 radical (unpaired) electrons. The summed E-state index contributed by atoms with van der Waals surface area (Å²) in [5, 5.41) is 6.73. The molecule has 2 aliphatic rings. The molecule has 6 N–H and O–H groups in total. The molecular weight excluding hydrogens is 394 g/mol. The van der Waals surface area contributed by atoms with Gasteiger partial charge in [0.05, 0.1) is 30.8 Å². The number of hydrogen-bond acceptors (Lipinski definition) is 8. The Morgan fingerprint density at radius 3 is 2.71 bits per heavy atom. The van der Waals surface area contributed by atoms with Gasteiger partial charge in [0, 0.05) is 42.6 Å². The van der Waals surface area contributed by atoms with Crippen LogP contribution in [-0.2, 0) is 4.74 Å². The van der Waals surface area contributed by atoms with Crippen LogP contribution in [0.15, 0.2) is 24.4 Å². The zero-order chi connectivity index (χ0) is 21.8. The summed E-state index contributed by atoms with van der Waals surface area (Å²) in [6.45, 7) is 5.02. The minimum absolute atomic E-state index is 0.107. The van der Waals surface area contributed by atoms with Crippen LogP contribution in [-0.4, -0.2) is 54.3 Å². The second kappa shape index (κ2) is 9.49. The number of carbonyl (C=O) groups excluding carboxylic acids is 1. The molecule has 166 valence electrons. The van der Waals surface area contributed by atoms with Crippen LogP contribution < -0.4 is 27.0 Å². The Balaban J connectivity index is 1.59. The fraction of sp³-hybridized carbons (Fsp3) is 0.500. The first-order chi connectivity index (χ1) is 15.0. The van der Waals surface area contributed by atoms with Crippen LogP contribution in [0.4, 0.5) is 22.9 Å². The third-order valence-electron chi connectivity index (χ3n) is 5.87. The molecule has 1 saturated carbocycles. The maximum Gasteiger partial charge on any atom is 0.269 e. The standard InChI is InChI=1S/C22H31N7O2/c1-14-10-16(29-6-8-31-9-7-29)12-20(26-14)28-19-11-15(13-25-21(19)22(24)30)27-18-5-3-2-4-17(18)23/h10-13,17-18,27H,2-9,23H2,1H3,(H2,24,30)(H,26,28)/t17-,18+/m0/s1. The van der Waals surface area contributed by atoms with Crippen LogP contribution in [0.5, 0.6) is 0 Å². The van der Waals surface area contributed by atoms with Crippen molar-refractivity contribution in [3.05, 3.63) is 35.8 Å². The Hall–Kier alpha value is -2.91. The number of carbonyl (C=O) groups is 1. The van der Waals surface area contributed by atoms with E-state index >= 15 is 0 Å². The Morgan fingerprint density at radius 1 is 1.19 bits per heavy atom. The molecule has 9 nitrogen and oxygen atoms in total. The number of nitrogens with two attached hydrogens (primary N) is 2. The third-order valence-corrected chi connectivity index (χ3v) is 5.87. The summed E-state index contributed by atoms with van der Waals surface area (Å²) in [5.74, 6) is 0.0433. The number of primary amides is 1. The molecule has 1 amide bonds. The van der Waals surface area contributed by atoms with Gasteiger partial charge in [0.2, 0.25) is 0 Å². The Kier molecular flexibility index (Phi) is 6.53. The van der Waals surface area contributed by atoms with E-state index in [0.717, 1.165) is 55.8 Å². The van der Waals surface area contributed by atoms with Crippen molar-refractivity contribution in [2.45, 2.75) is 44.7 Å². The molecular formula is C22H31N7O2. The van der Waals surface area contributed by atoms with Gasteiger partial charge in [-0.3, -0.25) is 4.79 Å². The van der Waals surface area contributed by atoms with Crippen molar-refractivity contribution >= 4 is 28.8 Å². The number of nitrogens with one attached hydrogen (secondary N) is 2. The fourth-order valence-electron chi connectivity index (χ4n) is 4.24. The summed E-state index contributed by atoms with van der Waals surface area (Å²) < 4.78 is 5.45. The van der Waals surface area contributed by atoms with E-state index in [9.17, 15) is 4.79 Å². The first-order valence-corrected chi connectivity index (χ1v) is 10.9. The molecule has 31 heavy (non-hydrogen) atoms. The minimum atomic E-state index is -0.593. The van der Waals surface area contributed by atoms with Crippen LogP contribution in [0.25, 0.3) is 0 Å². The number of aromatic nitrogens is 2. The van der Waals surface area contributed by atoms with Gasteiger partial charge >= 0.3 is 0 Å². The second-order valence-corrected chi connectivity index (χ2v) is 8.26. The second-order valence-electron chi connectivity index (χ2n) is 8.26. The number of nitrogens with zero attached hydrogens (tertiary/aromatic N) is 3. The number of anilines is 4. The molecule has 1 saturated heterocycles. The number of morpholine rings is 1. The maximum atomic E-state index is 12.0. The predicted molar refractivity (Wildman–Crippen MR) is 122 cm³/mol. The van der Waals surface area contributed by atoms with E-state index in [4.69, 9.17) is 16.2 Å². The number of aryl methyl sites for hydroxylation is 1. The van der Waals surface area contributed by atoms with Crippen LogP contribution in [0.1, 0.15) is 41.9 Å². The summed E-state index contributed by atoms with van der Waals surface area (Å²) in [6, 6.07) is 6.17. The van der Waals surface area contributed by atoms with Gasteiger partial charge in [-0.1, -0.05) is 12.8 Å². The van der Waals surface area contributed by atoms with E-state index in [-0.39, 0.29) is 17.8 Å². The van der Waals surface area contributed by atoms with Gasteiger partial charge < -0.3 is 31.7 Å². The van der Waals surface area contributed by atoms with Gasteiger partial charge in [0.25, 0.3) is 5.91 Å². The summed E-state index contributed by atoms with van der Waals surface area (Å²) in [6.07, 6.45) is 5.97. The normalized spacial score (nSPS) is 21.5. The van der Waals surface area contributed by atoms with Crippen LogP contribution >= 0.6 is 0 Å². The van der Waals surface area contributed by atoms with E-state index in [1.165, 1.54) is 0 Å². The average Bonchev–Trinajstić information content (AvgIpc) is 2.75. The van der Waals surface area contributed by atoms with Crippen molar-refractivity contribution in [1.29, 1.82) is 0 Å². The van der Waals surface area contributed by atoms with Gasteiger partial charge in [0.1, 0.15) is 5.82 Å². The number of pyridine rings is 2. The van der Waals surface area contributed by atoms with Crippen molar-refractivity contribution in [3.63, 3.8) is 0 Å². The van der Waals surface area contributed by atoms with Crippen molar-refractivity contribution in [3.8, 4) is 0 Å². The molecule has 1 aliphatic heterocycles. The predicted octanol–water partition coefficient (Wildman–Crippen LogP) is 2.15. The zero-order valence-electron chi connectivity index (χ0n) is 17.9. The largest absolute Gasteiger partial charge is 0.379 e. The van der Waals surface area contributed by atoms with Gasteiger partial charge in [-0.25, -0.2) is 9.97 Å². The number of hydrogen-bond donors (Lipinski definition) is 4. The van der Waals surface area contributed by atoms with E-state index in [1.807, 2.05) is 25.1 Å². The molecule has 2 atom stereocenters. The first-order valence-electron chi connectivity index (χ1n) is 10.9. The highest BCUT2D eigenvalue weighted by atomic mass is 16.5. The summed E-state index contributed by atoms with van der Waals surface area (Å²) in [7, 11) is 0. The molecule has 2 aromatic rings. The highest BCUT2D eigenvalue weighted by Gasteiger charge is 2.22. The summed E-state index contributed by atoms with van der Waals surface area (Å²) in [5.41, 5.74) is 15.3. The van der Waals surface area contributed by atoms with Crippen molar-refractivity contribution < 1.29 is 9.53 Å². The molecule has 9 heteroatoms. The smallest absolute Gasteiger partial charge is 0.269 e. The van der Waals surface area contributed by atoms with E-state index < -0.39 is 5.91 Å².